The van der Waals surface area contributed by atoms with Crippen molar-refractivity contribution < 1.29 is 8.42 Å². The van der Waals surface area contributed by atoms with E-state index in [2.05, 4.69) is 14.8 Å². The average Bonchev–Trinajstić information content (AvgIpc) is 3.16. The van der Waals surface area contributed by atoms with Crippen LogP contribution >= 0.6 is 11.6 Å². The zero-order chi connectivity index (χ0) is 18.7. The van der Waals surface area contributed by atoms with Gasteiger partial charge >= 0.3 is 0 Å². The first-order valence-electron chi connectivity index (χ1n) is 7.57. The molecule has 0 aliphatic rings. The van der Waals surface area contributed by atoms with Crippen LogP contribution in [-0.4, -0.2) is 23.2 Å². The number of hydrogen-bond donors (Lipinski definition) is 1. The zero-order valence-electron chi connectivity index (χ0n) is 13.7. The smallest absolute Gasteiger partial charge is 0.223 e. The number of nitriles is 1. The molecule has 1 aromatic heterocycles. The summed E-state index contributed by atoms with van der Waals surface area (Å²) >= 11 is 5.86. The van der Waals surface area contributed by atoms with Gasteiger partial charge in [0.05, 0.1) is 21.2 Å². The highest BCUT2D eigenvalue weighted by atomic mass is 35.5. The van der Waals surface area contributed by atoms with Crippen molar-refractivity contribution in [1.82, 2.24) is 19.5 Å². The molecule has 9 heteroatoms. The Balaban J connectivity index is 1.80. The Morgan fingerprint density at radius 3 is 2.58 bits per heavy atom. The van der Waals surface area contributed by atoms with Crippen LogP contribution in [0.3, 0.4) is 0 Å². The Hall–Kier alpha value is -2.73. The van der Waals surface area contributed by atoms with Crippen LogP contribution in [0.1, 0.15) is 24.1 Å². The Morgan fingerprint density at radius 1 is 1.23 bits per heavy atom. The van der Waals surface area contributed by atoms with Gasteiger partial charge in [0.1, 0.15) is 18.7 Å². The Morgan fingerprint density at radius 2 is 1.96 bits per heavy atom. The molecule has 0 radical (unpaired) electrons. The van der Waals surface area contributed by atoms with Gasteiger partial charge in [-0.2, -0.15) is 10.4 Å². The molecular weight excluding hydrogens is 374 g/mol. The van der Waals surface area contributed by atoms with Gasteiger partial charge in [-0.1, -0.05) is 23.7 Å². The molecule has 0 saturated carbocycles. The Bertz CT molecular complexity index is 1060. The van der Waals surface area contributed by atoms with Crippen molar-refractivity contribution in [2.45, 2.75) is 17.9 Å². The van der Waals surface area contributed by atoms with Crippen molar-refractivity contribution in [1.29, 1.82) is 5.26 Å². The van der Waals surface area contributed by atoms with Gasteiger partial charge in [0.15, 0.2) is 0 Å². The molecule has 0 spiro atoms. The summed E-state index contributed by atoms with van der Waals surface area (Å²) in [6.45, 7) is 1.74. The van der Waals surface area contributed by atoms with Gasteiger partial charge in [-0.15, -0.1) is 0 Å². The van der Waals surface area contributed by atoms with Gasteiger partial charge in [-0.25, -0.2) is 22.8 Å². The van der Waals surface area contributed by atoms with Crippen LogP contribution in [0.5, 0.6) is 0 Å². The number of nitrogens with one attached hydrogen (secondary N) is 1. The Labute approximate surface area is 155 Å². The van der Waals surface area contributed by atoms with Crippen molar-refractivity contribution in [3.63, 3.8) is 0 Å². The van der Waals surface area contributed by atoms with Crippen molar-refractivity contribution >= 4 is 21.6 Å². The molecule has 0 amide bonds. The lowest BCUT2D eigenvalue weighted by Crippen LogP contribution is -2.27. The molecule has 0 saturated heterocycles. The highest BCUT2D eigenvalue weighted by Gasteiger charge is 2.19. The molecule has 132 valence electrons. The first kappa shape index (κ1) is 18.1. The van der Waals surface area contributed by atoms with Gasteiger partial charge in [0, 0.05) is 6.04 Å². The number of sulfonamides is 1. The van der Waals surface area contributed by atoms with E-state index < -0.39 is 16.1 Å². The van der Waals surface area contributed by atoms with E-state index in [1.165, 1.54) is 24.5 Å². The highest BCUT2D eigenvalue weighted by Crippen LogP contribution is 2.22. The summed E-state index contributed by atoms with van der Waals surface area (Å²) < 4.78 is 29.3. The van der Waals surface area contributed by atoms with E-state index in [1.807, 2.05) is 30.3 Å². The second-order valence-electron chi connectivity index (χ2n) is 5.53. The summed E-state index contributed by atoms with van der Waals surface area (Å²) in [5.41, 5.74) is 1.71. The number of nitrogens with zero attached hydrogens (tertiary/aromatic N) is 4. The van der Waals surface area contributed by atoms with Gasteiger partial charge < -0.3 is 0 Å². The van der Waals surface area contributed by atoms with Crippen LogP contribution in [0.25, 0.3) is 5.69 Å². The first-order valence-corrected chi connectivity index (χ1v) is 9.44. The van der Waals surface area contributed by atoms with Crippen LogP contribution < -0.4 is 4.72 Å². The lowest BCUT2D eigenvalue weighted by atomic mass is 10.1. The monoisotopic (exact) mass is 387 g/mol. The summed E-state index contributed by atoms with van der Waals surface area (Å²) in [5.74, 6) is 0. The second-order valence-corrected chi connectivity index (χ2v) is 7.65. The maximum atomic E-state index is 12.6. The Kier molecular flexibility index (Phi) is 5.04. The quantitative estimate of drug-likeness (QED) is 0.725. The van der Waals surface area contributed by atoms with Gasteiger partial charge in [-0.3, -0.25) is 0 Å². The third-order valence-electron chi connectivity index (χ3n) is 3.78. The fraction of sp³-hybridized carbons (Fsp3) is 0.118. The number of aromatic nitrogens is 3. The molecule has 1 unspecified atom stereocenters. The minimum atomic E-state index is -3.80. The SMILES string of the molecule is CC(NS(=O)(=O)c1ccc(Cl)c(C#N)c1)c1ccc(-n2cncn2)cc1. The van der Waals surface area contributed by atoms with Crippen LogP contribution in [0.15, 0.2) is 60.0 Å². The van der Waals surface area contributed by atoms with Crippen molar-refractivity contribution in [3.8, 4) is 11.8 Å². The van der Waals surface area contributed by atoms with E-state index in [9.17, 15) is 8.42 Å². The largest absolute Gasteiger partial charge is 0.241 e. The second kappa shape index (κ2) is 7.25. The van der Waals surface area contributed by atoms with E-state index in [4.69, 9.17) is 16.9 Å². The molecule has 2 aromatic carbocycles. The lowest BCUT2D eigenvalue weighted by Gasteiger charge is -2.15. The fourth-order valence-electron chi connectivity index (χ4n) is 2.38. The van der Waals surface area contributed by atoms with Gasteiger partial charge in [0.25, 0.3) is 0 Å². The minimum Gasteiger partial charge on any atom is -0.223 e. The van der Waals surface area contributed by atoms with Crippen LogP contribution in [0, 0.1) is 11.3 Å². The van der Waals surface area contributed by atoms with E-state index >= 15 is 0 Å². The van der Waals surface area contributed by atoms with Gasteiger partial charge in [0.2, 0.25) is 10.0 Å². The van der Waals surface area contributed by atoms with Gasteiger partial charge in [-0.05, 0) is 42.8 Å². The standard InChI is InChI=1S/C17H14ClN5O2S/c1-12(13-2-4-15(5-3-13)23-11-20-10-21-23)22-26(24,25)16-6-7-17(18)14(8-16)9-19/h2-8,10-12,22H,1H3. The summed E-state index contributed by atoms with van der Waals surface area (Å²) in [5, 5.41) is 13.3. The zero-order valence-corrected chi connectivity index (χ0v) is 15.2. The van der Waals surface area contributed by atoms with Crippen LogP contribution in [0.4, 0.5) is 0 Å². The molecular formula is C17H14ClN5O2S. The maximum absolute atomic E-state index is 12.6. The number of benzene rings is 2. The predicted octanol–water partition coefficient (Wildman–Crippen LogP) is 2.83. The number of hydrogen-bond acceptors (Lipinski definition) is 5. The normalized spacial score (nSPS) is 12.5. The van der Waals surface area contributed by atoms with E-state index in [1.54, 1.807) is 17.9 Å². The van der Waals surface area contributed by atoms with E-state index in [0.717, 1.165) is 11.3 Å². The third kappa shape index (κ3) is 3.75. The van der Waals surface area contributed by atoms with Crippen LogP contribution in [0.2, 0.25) is 5.02 Å². The summed E-state index contributed by atoms with van der Waals surface area (Å²) in [4.78, 5) is 3.88. The highest BCUT2D eigenvalue weighted by molar-refractivity contribution is 7.89. The van der Waals surface area contributed by atoms with Crippen molar-refractivity contribution in [2.75, 3.05) is 0 Å². The summed E-state index contributed by atoms with van der Waals surface area (Å²) in [7, 11) is -3.80. The molecule has 1 N–H and O–H groups in total. The predicted molar refractivity (Wildman–Crippen MR) is 96.3 cm³/mol. The fourth-order valence-corrected chi connectivity index (χ4v) is 3.80. The van der Waals surface area contributed by atoms with E-state index in [-0.39, 0.29) is 15.5 Å². The van der Waals surface area contributed by atoms with Crippen molar-refractivity contribution in [3.05, 3.63) is 71.3 Å². The molecule has 26 heavy (non-hydrogen) atoms. The lowest BCUT2D eigenvalue weighted by molar-refractivity contribution is 0.567. The molecule has 7 nitrogen and oxygen atoms in total. The molecule has 0 bridgehead atoms. The maximum Gasteiger partial charge on any atom is 0.241 e. The summed E-state index contributed by atoms with van der Waals surface area (Å²) in [6, 6.07) is 12.7. The topological polar surface area (TPSA) is 101 Å². The van der Waals surface area contributed by atoms with E-state index in [0.29, 0.717) is 0 Å². The molecule has 3 aromatic rings. The number of rotatable bonds is 5. The minimum absolute atomic E-state index is 0.00969. The van der Waals surface area contributed by atoms with Crippen molar-refractivity contribution in [2.24, 2.45) is 0 Å². The molecule has 1 heterocycles. The third-order valence-corrected chi connectivity index (χ3v) is 5.64. The molecule has 0 fully saturated rings. The first-order chi connectivity index (χ1) is 12.4. The average molecular weight is 388 g/mol. The molecule has 3 rings (SSSR count). The molecule has 1 atom stereocenters. The molecule has 0 aliphatic heterocycles. The molecule has 0 aliphatic carbocycles. The summed E-state index contributed by atoms with van der Waals surface area (Å²) in [6.07, 6.45) is 3.01. The van der Waals surface area contributed by atoms with Crippen LogP contribution in [-0.2, 0) is 10.0 Å². The number of halogens is 1.